The van der Waals surface area contributed by atoms with E-state index in [0.29, 0.717) is 8.92 Å². The normalized spacial score (nSPS) is 14.8. The Morgan fingerprint density at radius 1 is 0.680 bits per heavy atom. The second kappa shape index (κ2) is 5.55. The van der Waals surface area contributed by atoms with Crippen LogP contribution in [-0.2, 0) is 7.67 Å². The number of hydrogen-bond donors (Lipinski definition) is 0. The van der Waals surface area contributed by atoms with Gasteiger partial charge in [-0.25, -0.2) is 0 Å². The number of para-hydroxylation sites is 1. The third-order valence-corrected chi connectivity index (χ3v) is 8.45. The minimum absolute atomic E-state index is 0.442. The third-order valence-electron chi connectivity index (χ3n) is 4.65. The van der Waals surface area contributed by atoms with Crippen LogP contribution in [0.2, 0.25) is 0 Å². The number of anilines is 3. The Bertz CT molecular complexity index is 1040. The first kappa shape index (κ1) is 16.1. The van der Waals surface area contributed by atoms with E-state index >= 15 is 0 Å². The molecule has 4 heteroatoms. The van der Waals surface area contributed by atoms with Crippen LogP contribution in [0.5, 0.6) is 0 Å². The van der Waals surface area contributed by atoms with Crippen LogP contribution >= 0.6 is 0 Å². The second-order valence-electron chi connectivity index (χ2n) is 6.57. The van der Waals surface area contributed by atoms with Gasteiger partial charge in [0.2, 0.25) is 0 Å². The van der Waals surface area contributed by atoms with Crippen molar-refractivity contribution in [3.05, 3.63) is 77.4 Å². The fourth-order valence-electron chi connectivity index (χ4n) is 3.36. The summed E-state index contributed by atoms with van der Waals surface area (Å²) in [6.45, 7) is 5.90. The zero-order chi connectivity index (χ0) is 17.8. The van der Waals surface area contributed by atoms with Crippen molar-refractivity contribution in [1.82, 2.24) is 0 Å². The first-order chi connectivity index (χ1) is 11.9. The Hall–Kier alpha value is -2.42. The summed E-state index contributed by atoms with van der Waals surface area (Å²) in [7, 11) is 0. The molecule has 25 heavy (non-hydrogen) atoms. The number of rotatable bonds is 1. The first-order valence-corrected chi connectivity index (χ1v) is 11.3. The molecule has 0 aromatic heterocycles. The van der Waals surface area contributed by atoms with E-state index in [9.17, 15) is 7.67 Å². The van der Waals surface area contributed by atoms with Gasteiger partial charge in [0, 0.05) is 0 Å². The van der Waals surface area contributed by atoms with Crippen LogP contribution in [-0.4, -0.2) is 12.7 Å². The van der Waals surface area contributed by atoms with Crippen molar-refractivity contribution in [1.29, 1.82) is 0 Å². The third kappa shape index (κ3) is 2.41. The van der Waals surface area contributed by atoms with Crippen molar-refractivity contribution in [3.63, 3.8) is 0 Å². The molecule has 0 saturated carbocycles. The molecule has 1 aliphatic heterocycles. The first-order valence-electron chi connectivity index (χ1n) is 8.22. The molecule has 3 aromatic carbocycles. The zero-order valence-electron chi connectivity index (χ0n) is 14.4. The van der Waals surface area contributed by atoms with Crippen LogP contribution in [0.1, 0.15) is 16.7 Å². The molecular formula is C21H19NO2Se. The van der Waals surface area contributed by atoms with E-state index in [1.165, 1.54) is 0 Å². The minimum atomic E-state index is -4.44. The molecule has 0 amide bonds. The van der Waals surface area contributed by atoms with Crippen LogP contribution in [0.4, 0.5) is 17.1 Å². The van der Waals surface area contributed by atoms with Gasteiger partial charge >= 0.3 is 149 Å². The van der Waals surface area contributed by atoms with Crippen LogP contribution in [0, 0.1) is 20.8 Å². The number of aryl methyl sites for hydroxylation is 3. The monoisotopic (exact) mass is 397 g/mol. The molecule has 0 radical (unpaired) electrons. The van der Waals surface area contributed by atoms with Gasteiger partial charge in [-0.15, -0.1) is 0 Å². The van der Waals surface area contributed by atoms with Crippen molar-refractivity contribution in [2.75, 3.05) is 4.90 Å². The Morgan fingerprint density at radius 2 is 1.20 bits per heavy atom. The van der Waals surface area contributed by atoms with E-state index in [1.54, 1.807) is 12.1 Å². The van der Waals surface area contributed by atoms with E-state index in [4.69, 9.17) is 0 Å². The van der Waals surface area contributed by atoms with E-state index < -0.39 is 12.7 Å². The predicted molar refractivity (Wildman–Crippen MR) is 102 cm³/mol. The molecule has 0 atom stereocenters. The van der Waals surface area contributed by atoms with Crippen molar-refractivity contribution in [3.8, 4) is 0 Å². The Balaban J connectivity index is 2.13. The van der Waals surface area contributed by atoms with Gasteiger partial charge in [-0.05, 0) is 0 Å². The van der Waals surface area contributed by atoms with Crippen LogP contribution in [0.15, 0.2) is 60.7 Å². The molecule has 3 aromatic rings. The zero-order valence-corrected chi connectivity index (χ0v) is 16.2. The number of hydrogen-bond acceptors (Lipinski definition) is 3. The fourth-order valence-corrected chi connectivity index (χ4v) is 7.12. The van der Waals surface area contributed by atoms with Crippen molar-refractivity contribution in [2.24, 2.45) is 0 Å². The number of benzene rings is 3. The van der Waals surface area contributed by atoms with Crippen molar-refractivity contribution in [2.45, 2.75) is 20.8 Å². The molecule has 1 aliphatic rings. The van der Waals surface area contributed by atoms with E-state index in [0.717, 1.165) is 33.8 Å². The Labute approximate surface area is 149 Å². The van der Waals surface area contributed by atoms with E-state index in [-0.39, 0.29) is 0 Å². The Morgan fingerprint density at radius 3 is 1.72 bits per heavy atom. The molecule has 0 unspecified atom stereocenters. The fraction of sp³-hybridized carbons (Fsp3) is 0.143. The molecule has 0 bridgehead atoms. The summed E-state index contributed by atoms with van der Waals surface area (Å²) in [6.07, 6.45) is 0. The van der Waals surface area contributed by atoms with Gasteiger partial charge < -0.3 is 0 Å². The van der Waals surface area contributed by atoms with Gasteiger partial charge in [-0.1, -0.05) is 0 Å². The van der Waals surface area contributed by atoms with Gasteiger partial charge in [0.25, 0.3) is 0 Å². The molecular weight excluding hydrogens is 377 g/mol. The summed E-state index contributed by atoms with van der Waals surface area (Å²) in [5.41, 5.74) is 5.49. The quantitative estimate of drug-likeness (QED) is 0.459. The van der Waals surface area contributed by atoms with Crippen LogP contribution in [0.25, 0.3) is 0 Å². The summed E-state index contributed by atoms with van der Waals surface area (Å²) in [5, 5.41) is 0. The average Bonchev–Trinajstić information content (AvgIpc) is 2.58. The van der Waals surface area contributed by atoms with Crippen LogP contribution < -0.4 is 13.8 Å². The molecule has 0 N–H and O–H groups in total. The molecule has 3 nitrogen and oxygen atoms in total. The number of nitrogens with zero attached hydrogens (tertiary/aromatic N) is 1. The molecule has 0 aliphatic carbocycles. The predicted octanol–water partition coefficient (Wildman–Crippen LogP) is 3.81. The summed E-state index contributed by atoms with van der Waals surface area (Å²) < 4.78 is 27.5. The van der Waals surface area contributed by atoms with Gasteiger partial charge in [0.05, 0.1) is 0 Å². The van der Waals surface area contributed by atoms with Gasteiger partial charge in [-0.2, -0.15) is 0 Å². The van der Waals surface area contributed by atoms with Gasteiger partial charge in [0.1, 0.15) is 0 Å². The topological polar surface area (TPSA) is 37.4 Å². The average molecular weight is 396 g/mol. The molecule has 126 valence electrons. The van der Waals surface area contributed by atoms with E-state index in [2.05, 4.69) is 4.90 Å². The summed E-state index contributed by atoms with van der Waals surface area (Å²) in [4.78, 5) is 2.07. The van der Waals surface area contributed by atoms with Gasteiger partial charge in [-0.3, -0.25) is 0 Å². The second-order valence-corrected chi connectivity index (χ2v) is 10.5. The Kier molecular flexibility index (Phi) is 3.57. The van der Waals surface area contributed by atoms with E-state index in [1.807, 2.05) is 69.3 Å². The maximum absolute atomic E-state index is 13.3. The SMILES string of the molecule is Cc1ccc2c(c1)[Se](=O)(=O)c1cc(C)ccc1N2c1ccccc1C. The molecule has 0 spiro atoms. The molecule has 0 saturated heterocycles. The maximum atomic E-state index is 13.3. The molecule has 0 fully saturated rings. The van der Waals surface area contributed by atoms with Crippen molar-refractivity contribution < 1.29 is 7.67 Å². The summed E-state index contributed by atoms with van der Waals surface area (Å²) >= 11 is -4.44. The number of fused-ring (bicyclic) bond motifs is 2. The summed E-state index contributed by atoms with van der Waals surface area (Å²) in [6, 6.07) is 19.4. The standard InChI is InChI=1S/C21H19NO2Se/c1-14-8-10-18-20(12-14)25(23,24)21-13-15(2)9-11-19(21)22(18)17-7-5-4-6-16(17)3/h4-13H,1-3H3. The molecule has 1 heterocycles. The van der Waals surface area contributed by atoms with Gasteiger partial charge in [0.15, 0.2) is 0 Å². The van der Waals surface area contributed by atoms with Crippen LogP contribution in [0.3, 0.4) is 0 Å². The van der Waals surface area contributed by atoms with Crippen molar-refractivity contribution >= 4 is 38.7 Å². The summed E-state index contributed by atoms with van der Waals surface area (Å²) in [5.74, 6) is 0. The molecule has 4 rings (SSSR count).